The van der Waals surface area contributed by atoms with Gasteiger partial charge in [0.05, 0.1) is 66.2 Å². The number of aromatic nitrogens is 7. The maximum atomic E-state index is 11.9. The lowest BCUT2D eigenvalue weighted by molar-refractivity contribution is -0.306. The van der Waals surface area contributed by atoms with Gasteiger partial charge in [0.1, 0.15) is 90.2 Å². The summed E-state index contributed by atoms with van der Waals surface area (Å²) in [6.07, 6.45) is -17.2. The number of unbranched alkanes of at least 4 members (excludes halogenated alkanes) is 1. The summed E-state index contributed by atoms with van der Waals surface area (Å²) in [4.78, 5) is 19.0. The lowest BCUT2D eigenvalue weighted by Crippen LogP contribution is -2.68. The highest BCUT2D eigenvalue weighted by Crippen LogP contribution is 2.36. The molecule has 4 aliphatic heterocycles. The molecular formula is C54H78N16O14. The number of nitrogens with two attached hydrogens (primary N) is 7. The number of anilines is 1. The maximum absolute atomic E-state index is 11.9. The predicted octanol–water partition coefficient (Wildman–Crippen LogP) is -4.14. The van der Waals surface area contributed by atoms with E-state index in [4.69, 9.17) is 88.1 Å². The molecule has 1 saturated carbocycles. The Morgan fingerprint density at radius 2 is 1.18 bits per heavy atom. The van der Waals surface area contributed by atoms with E-state index in [0.29, 0.717) is 31.7 Å². The highest BCUT2D eigenvalue weighted by atomic mass is 16.8. The lowest BCUT2D eigenvalue weighted by atomic mass is 9.84. The molecule has 5 aliphatic rings. The van der Waals surface area contributed by atoms with Crippen LogP contribution in [0.25, 0.3) is 44.8 Å². The van der Waals surface area contributed by atoms with Gasteiger partial charge in [0, 0.05) is 74.8 Å². The van der Waals surface area contributed by atoms with Crippen molar-refractivity contribution in [3.8, 4) is 28.5 Å². The number of H-pyrrole nitrogens is 2. The van der Waals surface area contributed by atoms with Crippen LogP contribution in [0.3, 0.4) is 0 Å². The molecule has 3 aromatic heterocycles. The summed E-state index contributed by atoms with van der Waals surface area (Å²) in [5.74, 6) is 8.21. The van der Waals surface area contributed by atoms with Crippen molar-refractivity contribution in [2.75, 3.05) is 57.4 Å². The van der Waals surface area contributed by atoms with E-state index in [9.17, 15) is 30.6 Å². The molecule has 22 N–H and O–H groups in total. The zero-order chi connectivity index (χ0) is 58.9. The molecule has 3 aromatic carbocycles. The molecule has 6 aromatic rings. The first kappa shape index (κ1) is 60.2. The number of aromatic amines is 2. The van der Waals surface area contributed by atoms with Gasteiger partial charge in [-0.25, -0.2) is 19.7 Å². The zero-order valence-electron chi connectivity index (χ0n) is 46.1. The Bertz CT molecular complexity index is 3090. The molecule has 30 heteroatoms. The average Bonchev–Trinajstić information content (AvgIpc) is 3.95. The Kier molecular flexibility index (Phi) is 18.8. The van der Waals surface area contributed by atoms with Crippen molar-refractivity contribution in [1.29, 1.82) is 0 Å². The van der Waals surface area contributed by atoms with E-state index in [2.05, 4.69) is 49.4 Å². The van der Waals surface area contributed by atoms with Crippen LogP contribution in [0.15, 0.2) is 66.9 Å². The summed E-state index contributed by atoms with van der Waals surface area (Å²) in [5.41, 5.74) is 44.0. The van der Waals surface area contributed by atoms with Gasteiger partial charge in [-0.15, -0.1) is 5.10 Å². The summed E-state index contributed by atoms with van der Waals surface area (Å²) in [6, 6.07) is 15.8. The van der Waals surface area contributed by atoms with E-state index < -0.39 is 116 Å². The van der Waals surface area contributed by atoms with Crippen molar-refractivity contribution in [2.24, 2.45) is 40.2 Å². The first-order chi connectivity index (χ1) is 40.5. The van der Waals surface area contributed by atoms with Crippen LogP contribution in [0, 0.1) is 0 Å². The number of nitrogens with one attached hydrogen (secondary N) is 2. The first-order valence-electron chi connectivity index (χ1n) is 28.4. The second-order valence-corrected chi connectivity index (χ2v) is 22.3. The van der Waals surface area contributed by atoms with Crippen LogP contribution in [-0.4, -0.2) is 239 Å². The third-order valence-corrected chi connectivity index (χ3v) is 16.4. The number of nitrogens with zero attached hydrogens (tertiary/aromatic N) is 7. The van der Waals surface area contributed by atoms with Gasteiger partial charge in [-0.05, 0) is 79.9 Å². The van der Waals surface area contributed by atoms with Gasteiger partial charge in [-0.1, -0.05) is 5.21 Å². The first-order valence-corrected chi connectivity index (χ1v) is 28.4. The topological polar surface area (TPSA) is 472 Å². The molecular weight excluding hydrogens is 1100 g/mol. The monoisotopic (exact) mass is 1170 g/mol. The summed E-state index contributed by atoms with van der Waals surface area (Å²) in [7, 11) is 0. The number of ether oxygens (including phenoxy) is 8. The van der Waals surface area contributed by atoms with Gasteiger partial charge in [0.15, 0.2) is 18.9 Å². The van der Waals surface area contributed by atoms with E-state index in [-0.39, 0.29) is 32.7 Å². The van der Waals surface area contributed by atoms with E-state index in [0.717, 1.165) is 82.5 Å². The van der Waals surface area contributed by atoms with Crippen LogP contribution in [-0.2, 0) is 46.3 Å². The number of rotatable bonds is 21. The number of fused-ring (bicyclic) bond motifs is 2. The van der Waals surface area contributed by atoms with E-state index in [1.165, 1.54) is 4.68 Å². The Balaban J connectivity index is 0.666. The quantitative estimate of drug-likeness (QED) is 0.0240. The molecule has 0 amide bonds. The molecule has 7 heterocycles. The number of hydrogen-bond acceptors (Lipinski definition) is 27. The minimum Gasteiger partial charge on any atom is -0.494 e. The molecule has 0 bridgehead atoms. The highest BCUT2D eigenvalue weighted by Gasteiger charge is 2.55. The molecule has 1 aliphatic carbocycles. The summed E-state index contributed by atoms with van der Waals surface area (Å²) >= 11 is 0. The minimum atomic E-state index is -1.64. The van der Waals surface area contributed by atoms with Gasteiger partial charge < -0.3 is 118 Å². The average molecular weight is 1180 g/mol. The van der Waals surface area contributed by atoms with Crippen molar-refractivity contribution in [3.63, 3.8) is 0 Å². The fourth-order valence-electron chi connectivity index (χ4n) is 11.4. The number of piperazine rings is 1. The Hall–Kier alpha value is -5.50. The summed E-state index contributed by atoms with van der Waals surface area (Å²) in [6.45, 7) is 3.94. The lowest BCUT2D eigenvalue weighted by Gasteiger charge is -2.47. The Labute approximate surface area is 482 Å². The second-order valence-electron chi connectivity index (χ2n) is 22.3. The normalized spacial score (nSPS) is 34.2. The smallest absolute Gasteiger partial charge is 0.187 e. The summed E-state index contributed by atoms with van der Waals surface area (Å²) in [5, 5.41) is 76.2. The number of hydrogen-bond donors (Lipinski definition) is 15. The molecule has 0 radical (unpaired) electrons. The summed E-state index contributed by atoms with van der Waals surface area (Å²) < 4.78 is 50.2. The van der Waals surface area contributed by atoms with Gasteiger partial charge in [0.25, 0.3) is 0 Å². The number of imidazole rings is 2. The number of hydrazine groups is 1. The SMILES string of the molecule is NC[C@H]1O[C@@H](O[C@H]2[C@@H](O)[C@H](O[C@@H]3[C@@H](O)[C@H](N)C[C@H](N)[C@H]3O[C@H]3O[C@H](CN)[C@@H](O)[C@H](O)[C@H]3N)O[C@@H]2Cn2cc(COCCCCOc3ccc(-c4nc5ccc(-c6nc7ccc(N8CCN(N)CC8)cc7[nH]6)cc5[nH]4)cc3)nn2)[C@@H](N)[C@H](O)[C@H]1O. The number of aliphatic hydroxyl groups excluding tert-OH is 6. The third kappa shape index (κ3) is 13.0. The Morgan fingerprint density at radius 1 is 0.595 bits per heavy atom. The standard InChI is InChI=1S/C54H78N16O14/c55-20-36-42(72)44(74)39(59)52(79-36)82-47-31(58)19-30(57)41(71)49(47)84-54-46(76)48(83-53-40(60)45(75)43(73)37(21-56)80-53)38(81-54)23-70-22-27(66-67-70)24-77-15-1-2-16-78-29-7-3-25(4-8-29)50-62-32-9-5-26(17-34(32)64-50)51-63-33-10-6-28(18-35(33)65-51)68-11-13-69(61)14-12-68/h3-10,17-18,22,30-31,36-49,52-54,71-76H,1-2,11-16,19-21,23-24,55-61H2,(H,62,64)(H,63,65)/t30-,31+,36-,37-,38-,39-,40+,41+,42-,43+,44-,45+,46-,47-,48-,49-,52-,53+,54+/m1/s1. The number of aliphatic hydroxyl groups is 6. The van der Waals surface area contributed by atoms with Crippen LogP contribution < -0.4 is 49.9 Å². The van der Waals surface area contributed by atoms with Gasteiger partial charge in [0.2, 0.25) is 0 Å². The molecule has 458 valence electrons. The Morgan fingerprint density at radius 3 is 1.85 bits per heavy atom. The van der Waals surface area contributed by atoms with E-state index in [1.807, 2.05) is 41.4 Å². The van der Waals surface area contributed by atoms with Crippen molar-refractivity contribution in [1.82, 2.24) is 39.9 Å². The maximum Gasteiger partial charge on any atom is 0.187 e. The van der Waals surface area contributed by atoms with Gasteiger partial charge in [-0.3, -0.25) is 5.84 Å². The molecule has 0 unspecified atom stereocenters. The molecule has 11 rings (SSSR count). The zero-order valence-corrected chi connectivity index (χ0v) is 46.1. The highest BCUT2D eigenvalue weighted by molar-refractivity contribution is 5.87. The van der Waals surface area contributed by atoms with E-state index in [1.54, 1.807) is 6.20 Å². The van der Waals surface area contributed by atoms with Crippen molar-refractivity contribution in [2.45, 2.75) is 149 Å². The molecule has 0 spiro atoms. The van der Waals surface area contributed by atoms with Crippen molar-refractivity contribution in [3.05, 3.63) is 72.6 Å². The molecule has 84 heavy (non-hydrogen) atoms. The molecule has 30 nitrogen and oxygen atoms in total. The minimum absolute atomic E-state index is 0.0656. The van der Waals surface area contributed by atoms with E-state index >= 15 is 0 Å². The largest absolute Gasteiger partial charge is 0.494 e. The predicted molar refractivity (Wildman–Crippen MR) is 300 cm³/mol. The van der Waals surface area contributed by atoms with Crippen molar-refractivity contribution < 1.29 is 68.5 Å². The fourth-order valence-corrected chi connectivity index (χ4v) is 11.4. The van der Waals surface area contributed by atoms with Crippen LogP contribution >= 0.6 is 0 Å². The van der Waals surface area contributed by atoms with Crippen LogP contribution in [0.1, 0.15) is 25.0 Å². The van der Waals surface area contributed by atoms with Gasteiger partial charge >= 0.3 is 0 Å². The van der Waals surface area contributed by atoms with Gasteiger partial charge in [-0.2, -0.15) is 0 Å². The van der Waals surface area contributed by atoms with Crippen LogP contribution in [0.5, 0.6) is 5.75 Å². The van der Waals surface area contributed by atoms with Crippen molar-refractivity contribution >= 4 is 27.8 Å². The van der Waals surface area contributed by atoms with Crippen LogP contribution in [0.4, 0.5) is 5.69 Å². The molecule has 19 atom stereocenters. The molecule has 4 saturated heterocycles. The number of benzene rings is 3. The third-order valence-electron chi connectivity index (χ3n) is 16.4. The second kappa shape index (κ2) is 26.2. The fraction of sp³-hybridized carbons (Fsp3) is 0.593. The molecule has 5 fully saturated rings. The van der Waals surface area contributed by atoms with Crippen LogP contribution in [0.2, 0.25) is 0 Å².